The quantitative estimate of drug-likeness (QED) is 0.162. The van der Waals surface area contributed by atoms with Crippen molar-refractivity contribution in [2.75, 3.05) is 27.4 Å². The van der Waals surface area contributed by atoms with Crippen molar-refractivity contribution in [2.45, 2.75) is 83.1 Å². The predicted octanol–water partition coefficient (Wildman–Crippen LogP) is 5.99. The van der Waals surface area contributed by atoms with Gasteiger partial charge in [0.05, 0.1) is 5.54 Å². The highest BCUT2D eigenvalue weighted by Crippen LogP contribution is 2.52. The van der Waals surface area contributed by atoms with E-state index in [1.165, 1.54) is 28.0 Å². The highest BCUT2D eigenvalue weighted by Gasteiger charge is 2.56. The van der Waals surface area contributed by atoms with Crippen LogP contribution in [0.1, 0.15) is 57.5 Å². The fourth-order valence-electron chi connectivity index (χ4n) is 4.26. The number of halogens is 1. The standard InChI is InChI=1S/C28H44FN3O5SSi/c1-19-27(5,21-16-20(17-33)12-13-22(21)29)30-24(38-28(19,6)23(34)31(7)8)32(25(35)37-26(2,3)4)18-36-14-15-39(9,10)11/h12-13,16-17,19H,14-15,18H2,1-11H3/t19-,27-,28-/m0/s1. The van der Waals surface area contributed by atoms with Crippen molar-refractivity contribution in [3.05, 3.63) is 35.1 Å². The first-order chi connectivity index (χ1) is 17.7. The van der Waals surface area contributed by atoms with Gasteiger partial charge < -0.3 is 14.4 Å². The number of carbonyl (C=O) groups is 3. The SMILES string of the molecule is C[C@@H]1[C@@](C)(C(=O)N(C)C)SC(N(COCC[Si](C)(C)C)C(=O)OC(C)(C)C)=N[C@]1(C)c1cc(C=O)ccc1F. The summed E-state index contributed by atoms with van der Waals surface area (Å²) >= 11 is 1.14. The normalized spacial score (nSPS) is 23.6. The molecule has 0 saturated carbocycles. The number of hydrogen-bond donors (Lipinski definition) is 0. The minimum Gasteiger partial charge on any atom is -0.443 e. The van der Waals surface area contributed by atoms with E-state index in [1.807, 2.05) is 6.92 Å². The highest BCUT2D eigenvalue weighted by molar-refractivity contribution is 8.15. The second kappa shape index (κ2) is 12.1. The minimum atomic E-state index is -1.39. The summed E-state index contributed by atoms with van der Waals surface area (Å²) in [6.07, 6.45) is -0.0386. The third-order valence-corrected chi connectivity index (χ3v) is 10.0. The van der Waals surface area contributed by atoms with Gasteiger partial charge in [0.2, 0.25) is 5.91 Å². The van der Waals surface area contributed by atoms with Gasteiger partial charge in [0.15, 0.2) is 5.17 Å². The molecule has 0 aliphatic carbocycles. The zero-order valence-corrected chi connectivity index (χ0v) is 27.0. The molecule has 0 radical (unpaired) electrons. The van der Waals surface area contributed by atoms with Crippen LogP contribution in [0.15, 0.2) is 23.2 Å². The first kappa shape index (κ1) is 33.0. The number of thioether (sulfide) groups is 1. The van der Waals surface area contributed by atoms with Crippen LogP contribution in [0.25, 0.3) is 0 Å². The molecule has 39 heavy (non-hydrogen) atoms. The molecule has 0 saturated heterocycles. The summed E-state index contributed by atoms with van der Waals surface area (Å²) in [5.41, 5.74) is -1.65. The Morgan fingerprint density at radius 2 is 1.82 bits per heavy atom. The molecule has 1 aromatic rings. The maximum atomic E-state index is 15.4. The van der Waals surface area contributed by atoms with E-state index in [1.54, 1.807) is 48.7 Å². The van der Waals surface area contributed by atoms with E-state index in [2.05, 4.69) is 19.6 Å². The zero-order valence-electron chi connectivity index (χ0n) is 25.2. The topological polar surface area (TPSA) is 88.5 Å². The average Bonchev–Trinajstić information content (AvgIpc) is 2.80. The highest BCUT2D eigenvalue weighted by atomic mass is 32.2. The van der Waals surface area contributed by atoms with Crippen LogP contribution in [0.3, 0.4) is 0 Å². The Labute approximate surface area is 237 Å². The van der Waals surface area contributed by atoms with Gasteiger partial charge in [0.1, 0.15) is 29.2 Å². The van der Waals surface area contributed by atoms with E-state index < -0.39 is 41.8 Å². The Bertz CT molecular complexity index is 1120. The molecular weight excluding hydrogens is 537 g/mol. The van der Waals surface area contributed by atoms with Crippen LogP contribution in [-0.2, 0) is 19.8 Å². The third kappa shape index (κ3) is 7.91. The molecule has 1 aromatic carbocycles. The zero-order chi connectivity index (χ0) is 30.0. The summed E-state index contributed by atoms with van der Waals surface area (Å²) in [7, 11) is 1.92. The molecule has 218 valence electrons. The second-order valence-corrected chi connectivity index (χ2v) is 19.8. The van der Waals surface area contributed by atoms with Crippen LogP contribution in [0.2, 0.25) is 25.7 Å². The predicted molar refractivity (Wildman–Crippen MR) is 157 cm³/mol. The van der Waals surface area contributed by atoms with Gasteiger partial charge in [0.25, 0.3) is 0 Å². The van der Waals surface area contributed by atoms with Gasteiger partial charge in [-0.2, -0.15) is 0 Å². The summed E-state index contributed by atoms with van der Waals surface area (Å²) in [5.74, 6) is -1.30. The summed E-state index contributed by atoms with van der Waals surface area (Å²) in [5, 5.41) is 0.187. The maximum absolute atomic E-state index is 15.4. The molecule has 0 bridgehead atoms. The number of hydrogen-bond acceptors (Lipinski definition) is 7. The Balaban J connectivity index is 2.72. The number of ether oxygens (including phenoxy) is 2. The smallest absolute Gasteiger partial charge is 0.418 e. The maximum Gasteiger partial charge on any atom is 0.418 e. The molecular formula is C28H44FN3O5SSi. The Morgan fingerprint density at radius 1 is 1.21 bits per heavy atom. The molecule has 2 rings (SSSR count). The van der Waals surface area contributed by atoms with Crippen molar-refractivity contribution in [3.63, 3.8) is 0 Å². The van der Waals surface area contributed by atoms with Gasteiger partial charge >= 0.3 is 6.09 Å². The Kier molecular flexibility index (Phi) is 10.2. The van der Waals surface area contributed by atoms with Crippen LogP contribution in [-0.4, -0.2) is 79.1 Å². The summed E-state index contributed by atoms with van der Waals surface area (Å²) in [6, 6.07) is 4.97. The van der Waals surface area contributed by atoms with Gasteiger partial charge in [-0.15, -0.1) is 0 Å². The summed E-state index contributed by atoms with van der Waals surface area (Å²) in [6.45, 7) is 17.6. The second-order valence-electron chi connectivity index (χ2n) is 12.8. The van der Waals surface area contributed by atoms with E-state index in [0.29, 0.717) is 12.9 Å². The van der Waals surface area contributed by atoms with Crippen molar-refractivity contribution in [2.24, 2.45) is 10.9 Å². The van der Waals surface area contributed by atoms with E-state index >= 15 is 4.39 Å². The molecule has 0 fully saturated rings. The number of aliphatic imine (C=N–C) groups is 1. The van der Waals surface area contributed by atoms with Gasteiger partial charge in [-0.3, -0.25) is 14.6 Å². The van der Waals surface area contributed by atoms with Gasteiger partial charge in [-0.25, -0.2) is 14.1 Å². The van der Waals surface area contributed by atoms with Gasteiger partial charge in [-0.05, 0) is 58.9 Å². The van der Waals surface area contributed by atoms with Crippen LogP contribution >= 0.6 is 11.8 Å². The monoisotopic (exact) mass is 581 g/mol. The summed E-state index contributed by atoms with van der Waals surface area (Å²) in [4.78, 5) is 46.4. The molecule has 8 nitrogen and oxygen atoms in total. The molecule has 0 unspecified atom stereocenters. The van der Waals surface area contributed by atoms with E-state index in [9.17, 15) is 14.4 Å². The largest absolute Gasteiger partial charge is 0.443 e. The van der Waals surface area contributed by atoms with Crippen molar-refractivity contribution in [1.29, 1.82) is 0 Å². The number of amidine groups is 1. The number of nitrogens with zero attached hydrogens (tertiary/aromatic N) is 3. The lowest BCUT2D eigenvalue weighted by Crippen LogP contribution is -2.57. The third-order valence-electron chi connectivity index (χ3n) is 6.86. The van der Waals surface area contributed by atoms with Gasteiger partial charge in [0, 0.05) is 45.8 Å². The van der Waals surface area contributed by atoms with E-state index in [4.69, 9.17) is 14.5 Å². The van der Waals surface area contributed by atoms with Crippen LogP contribution in [0, 0.1) is 11.7 Å². The van der Waals surface area contributed by atoms with Crippen molar-refractivity contribution in [1.82, 2.24) is 9.80 Å². The van der Waals surface area contributed by atoms with Crippen LogP contribution < -0.4 is 0 Å². The number of carbonyl (C=O) groups excluding carboxylic acids is 3. The molecule has 0 spiro atoms. The lowest BCUT2D eigenvalue weighted by molar-refractivity contribution is -0.132. The lowest BCUT2D eigenvalue weighted by Gasteiger charge is -2.48. The number of rotatable bonds is 8. The Morgan fingerprint density at radius 3 is 2.33 bits per heavy atom. The Hall–Kier alpha value is -2.24. The van der Waals surface area contributed by atoms with E-state index in [-0.39, 0.29) is 28.9 Å². The summed E-state index contributed by atoms with van der Waals surface area (Å²) < 4.78 is 25.9. The minimum absolute atomic E-state index is 0.140. The molecule has 3 atom stereocenters. The van der Waals surface area contributed by atoms with Crippen molar-refractivity contribution >= 4 is 43.3 Å². The first-order valence-electron chi connectivity index (χ1n) is 13.1. The van der Waals surface area contributed by atoms with Crippen molar-refractivity contribution in [3.8, 4) is 0 Å². The number of benzene rings is 1. The lowest BCUT2D eigenvalue weighted by atomic mass is 9.73. The fraction of sp³-hybridized carbons (Fsp3) is 0.643. The average molecular weight is 582 g/mol. The van der Waals surface area contributed by atoms with Gasteiger partial charge in [-0.1, -0.05) is 38.3 Å². The van der Waals surface area contributed by atoms with E-state index in [0.717, 1.165) is 17.8 Å². The first-order valence-corrected chi connectivity index (χ1v) is 17.6. The molecule has 1 aliphatic rings. The fourth-order valence-corrected chi connectivity index (χ4v) is 6.54. The number of amides is 2. The number of aldehydes is 1. The molecule has 0 aromatic heterocycles. The van der Waals surface area contributed by atoms with Crippen molar-refractivity contribution < 1.29 is 28.2 Å². The molecule has 11 heteroatoms. The van der Waals surface area contributed by atoms with Crippen LogP contribution in [0.4, 0.5) is 9.18 Å². The molecule has 1 aliphatic heterocycles. The van der Waals surface area contributed by atoms with Crippen LogP contribution in [0.5, 0.6) is 0 Å². The molecule has 1 heterocycles. The molecule has 0 N–H and O–H groups in total. The molecule has 2 amide bonds.